The molecule has 0 aliphatic rings. The monoisotopic (exact) mass is 284 g/mol. The van der Waals surface area contributed by atoms with E-state index >= 15 is 0 Å². The molecular formula is C14H11Cl2FO. The van der Waals surface area contributed by atoms with Crippen LogP contribution in [0, 0.1) is 12.7 Å². The van der Waals surface area contributed by atoms with Gasteiger partial charge in [-0.2, -0.15) is 0 Å². The molecule has 0 saturated carbocycles. The largest absolute Gasteiger partial charge is 0.489 e. The number of aryl methyl sites for hydroxylation is 1. The predicted octanol–water partition coefficient (Wildman–Crippen LogP) is 5.02. The molecular weight excluding hydrogens is 274 g/mol. The lowest BCUT2D eigenvalue weighted by atomic mass is 10.2. The molecule has 0 heterocycles. The maximum absolute atomic E-state index is 12.9. The van der Waals surface area contributed by atoms with Gasteiger partial charge < -0.3 is 4.74 Å². The normalized spacial score (nSPS) is 10.4. The number of hydrogen-bond acceptors (Lipinski definition) is 1. The summed E-state index contributed by atoms with van der Waals surface area (Å²) < 4.78 is 18.5. The van der Waals surface area contributed by atoms with E-state index in [9.17, 15) is 4.39 Å². The van der Waals surface area contributed by atoms with Gasteiger partial charge in [0.25, 0.3) is 0 Å². The first kappa shape index (κ1) is 13.2. The molecule has 0 fully saturated rings. The van der Waals surface area contributed by atoms with E-state index in [2.05, 4.69) is 0 Å². The van der Waals surface area contributed by atoms with Crippen LogP contribution in [0.15, 0.2) is 36.4 Å². The van der Waals surface area contributed by atoms with E-state index < -0.39 is 0 Å². The number of rotatable bonds is 3. The van der Waals surface area contributed by atoms with E-state index in [-0.39, 0.29) is 5.82 Å². The fourth-order valence-electron chi connectivity index (χ4n) is 1.57. The number of ether oxygens (including phenoxy) is 1. The summed E-state index contributed by atoms with van der Waals surface area (Å²) in [6.07, 6.45) is 0. The Morgan fingerprint density at radius 2 is 1.89 bits per heavy atom. The molecule has 0 aliphatic heterocycles. The molecule has 0 amide bonds. The molecule has 2 aromatic carbocycles. The highest BCUT2D eigenvalue weighted by Crippen LogP contribution is 2.24. The summed E-state index contributed by atoms with van der Waals surface area (Å²) in [6.45, 7) is 2.12. The van der Waals surface area contributed by atoms with Crippen molar-refractivity contribution >= 4 is 23.2 Å². The van der Waals surface area contributed by atoms with Crippen LogP contribution in [0.2, 0.25) is 10.0 Å². The molecule has 0 spiro atoms. The van der Waals surface area contributed by atoms with Crippen molar-refractivity contribution in [2.24, 2.45) is 0 Å². The van der Waals surface area contributed by atoms with Crippen molar-refractivity contribution in [3.63, 3.8) is 0 Å². The van der Waals surface area contributed by atoms with Crippen LogP contribution in [0.4, 0.5) is 4.39 Å². The van der Waals surface area contributed by atoms with Gasteiger partial charge in [0.05, 0.1) is 0 Å². The summed E-state index contributed by atoms with van der Waals surface area (Å²) >= 11 is 11.8. The van der Waals surface area contributed by atoms with Crippen LogP contribution in [0.25, 0.3) is 0 Å². The summed E-state index contributed by atoms with van der Waals surface area (Å²) in [4.78, 5) is 0. The van der Waals surface area contributed by atoms with Crippen molar-refractivity contribution < 1.29 is 9.13 Å². The lowest BCUT2D eigenvalue weighted by Gasteiger charge is -2.10. The van der Waals surface area contributed by atoms with Crippen LogP contribution in [0.1, 0.15) is 11.1 Å². The highest BCUT2D eigenvalue weighted by Gasteiger charge is 2.05. The van der Waals surface area contributed by atoms with Crippen LogP contribution < -0.4 is 4.74 Å². The summed E-state index contributed by atoms with van der Waals surface area (Å²) in [7, 11) is 0. The average Bonchev–Trinajstić information content (AvgIpc) is 2.30. The van der Waals surface area contributed by atoms with Crippen LogP contribution in [0.5, 0.6) is 5.75 Å². The maximum Gasteiger partial charge on any atom is 0.123 e. The highest BCUT2D eigenvalue weighted by atomic mass is 35.5. The summed E-state index contributed by atoms with van der Waals surface area (Å²) in [5.74, 6) is 0.367. The lowest BCUT2D eigenvalue weighted by molar-refractivity contribution is 0.303. The van der Waals surface area contributed by atoms with Gasteiger partial charge in [0.1, 0.15) is 18.2 Å². The van der Waals surface area contributed by atoms with Crippen molar-refractivity contribution in [2.75, 3.05) is 0 Å². The third kappa shape index (κ3) is 3.15. The molecule has 0 saturated heterocycles. The van der Waals surface area contributed by atoms with E-state index in [0.29, 0.717) is 22.4 Å². The lowest BCUT2D eigenvalue weighted by Crippen LogP contribution is -1.98. The van der Waals surface area contributed by atoms with E-state index in [0.717, 1.165) is 11.1 Å². The van der Waals surface area contributed by atoms with Gasteiger partial charge >= 0.3 is 0 Å². The van der Waals surface area contributed by atoms with Crippen LogP contribution in [-0.4, -0.2) is 0 Å². The Morgan fingerprint density at radius 1 is 1.11 bits per heavy atom. The predicted molar refractivity (Wildman–Crippen MR) is 71.9 cm³/mol. The Hall–Kier alpha value is -1.25. The Morgan fingerprint density at radius 3 is 2.56 bits per heavy atom. The van der Waals surface area contributed by atoms with Gasteiger partial charge in [0.15, 0.2) is 0 Å². The van der Waals surface area contributed by atoms with Crippen molar-refractivity contribution in [1.29, 1.82) is 0 Å². The number of hydrogen-bond donors (Lipinski definition) is 0. The standard InChI is InChI=1S/C14H11Cl2FO/c1-9-6-12(17)4-5-14(9)18-8-10-2-3-11(15)7-13(10)16/h2-7H,8H2,1H3. The number of halogens is 3. The van der Waals surface area contributed by atoms with Gasteiger partial charge in [-0.15, -0.1) is 0 Å². The molecule has 2 aromatic rings. The Kier molecular flexibility index (Phi) is 4.10. The highest BCUT2D eigenvalue weighted by molar-refractivity contribution is 6.35. The first-order chi connectivity index (χ1) is 8.56. The first-order valence-electron chi connectivity index (χ1n) is 5.39. The third-order valence-corrected chi connectivity index (χ3v) is 3.12. The maximum atomic E-state index is 12.9. The van der Waals surface area contributed by atoms with E-state index in [1.165, 1.54) is 12.1 Å². The Bertz CT molecular complexity index is 518. The zero-order chi connectivity index (χ0) is 13.1. The van der Waals surface area contributed by atoms with Crippen LogP contribution in [0.3, 0.4) is 0 Å². The fraction of sp³-hybridized carbons (Fsp3) is 0.143. The summed E-state index contributed by atoms with van der Waals surface area (Å²) in [6, 6.07) is 9.63. The van der Waals surface area contributed by atoms with Crippen molar-refractivity contribution in [2.45, 2.75) is 13.5 Å². The SMILES string of the molecule is Cc1cc(F)ccc1OCc1ccc(Cl)cc1Cl. The van der Waals surface area contributed by atoms with Crippen molar-refractivity contribution in [1.82, 2.24) is 0 Å². The Balaban J connectivity index is 2.11. The molecule has 0 N–H and O–H groups in total. The van der Waals surface area contributed by atoms with Crippen LogP contribution in [-0.2, 0) is 6.61 Å². The quantitative estimate of drug-likeness (QED) is 0.769. The molecule has 0 atom stereocenters. The zero-order valence-electron chi connectivity index (χ0n) is 9.71. The summed E-state index contributed by atoms with van der Waals surface area (Å²) in [5, 5.41) is 1.14. The minimum atomic E-state index is -0.274. The topological polar surface area (TPSA) is 9.23 Å². The minimum Gasteiger partial charge on any atom is -0.489 e. The molecule has 0 unspecified atom stereocenters. The van der Waals surface area contributed by atoms with Crippen LogP contribution >= 0.6 is 23.2 Å². The van der Waals surface area contributed by atoms with E-state index in [1.807, 2.05) is 6.07 Å². The van der Waals surface area contributed by atoms with E-state index in [1.54, 1.807) is 25.1 Å². The second-order valence-corrected chi connectivity index (χ2v) is 4.78. The molecule has 0 bridgehead atoms. The molecule has 1 nitrogen and oxygen atoms in total. The second-order valence-electron chi connectivity index (χ2n) is 3.93. The number of benzene rings is 2. The molecule has 0 aliphatic carbocycles. The van der Waals surface area contributed by atoms with Gasteiger partial charge in [0.2, 0.25) is 0 Å². The molecule has 0 aromatic heterocycles. The molecule has 94 valence electrons. The molecule has 18 heavy (non-hydrogen) atoms. The van der Waals surface area contributed by atoms with Gasteiger partial charge in [-0.1, -0.05) is 29.3 Å². The zero-order valence-corrected chi connectivity index (χ0v) is 11.2. The summed E-state index contributed by atoms with van der Waals surface area (Å²) in [5.41, 5.74) is 1.59. The van der Waals surface area contributed by atoms with Crippen molar-refractivity contribution in [3.05, 3.63) is 63.4 Å². The Labute approximate surface area is 115 Å². The minimum absolute atomic E-state index is 0.274. The second kappa shape index (κ2) is 5.59. The van der Waals surface area contributed by atoms with Crippen molar-refractivity contribution in [3.8, 4) is 5.75 Å². The smallest absolute Gasteiger partial charge is 0.123 e. The van der Waals surface area contributed by atoms with E-state index in [4.69, 9.17) is 27.9 Å². The molecule has 0 radical (unpaired) electrons. The van der Waals surface area contributed by atoms with Gasteiger partial charge in [-0.25, -0.2) is 4.39 Å². The average molecular weight is 285 g/mol. The van der Waals surface area contributed by atoms with Gasteiger partial charge in [-0.05, 0) is 42.8 Å². The third-order valence-electron chi connectivity index (χ3n) is 2.54. The van der Waals surface area contributed by atoms with Gasteiger partial charge in [0, 0.05) is 15.6 Å². The van der Waals surface area contributed by atoms with Gasteiger partial charge in [-0.3, -0.25) is 0 Å². The fourth-order valence-corrected chi connectivity index (χ4v) is 2.03. The first-order valence-corrected chi connectivity index (χ1v) is 6.15. The molecule has 2 rings (SSSR count). The molecule has 4 heteroatoms.